The van der Waals surface area contributed by atoms with E-state index in [9.17, 15) is 0 Å². The highest BCUT2D eigenvalue weighted by atomic mass is 14.9. The molecule has 0 spiro atoms. The summed E-state index contributed by atoms with van der Waals surface area (Å²) in [4.78, 5) is 4.57. The van der Waals surface area contributed by atoms with Gasteiger partial charge in [-0.25, -0.2) is 4.57 Å². The van der Waals surface area contributed by atoms with Gasteiger partial charge in [-0.1, -0.05) is 23.8 Å². The van der Waals surface area contributed by atoms with Crippen molar-refractivity contribution in [1.82, 2.24) is 4.98 Å². The van der Waals surface area contributed by atoms with Crippen molar-refractivity contribution in [3.05, 3.63) is 71.2 Å². The second-order valence-electron chi connectivity index (χ2n) is 6.16. The Labute approximate surface area is 131 Å². The summed E-state index contributed by atoms with van der Waals surface area (Å²) in [6, 6.07) is 13.1. The van der Waals surface area contributed by atoms with Crippen LogP contribution in [0.1, 0.15) is 22.4 Å². The topological polar surface area (TPSA) is 16.8 Å². The Bertz CT molecular complexity index is 894. The van der Waals surface area contributed by atoms with E-state index in [1.54, 1.807) is 0 Å². The maximum absolute atomic E-state index is 4.57. The molecule has 2 heterocycles. The Kier molecular flexibility index (Phi) is 2.86. The van der Waals surface area contributed by atoms with Gasteiger partial charge in [0.25, 0.3) is 0 Å². The number of hydrogen-bond donors (Lipinski definition) is 0. The van der Waals surface area contributed by atoms with Gasteiger partial charge in [0.1, 0.15) is 7.05 Å². The number of fused-ring (bicyclic) bond motifs is 3. The van der Waals surface area contributed by atoms with E-state index in [4.69, 9.17) is 0 Å². The molecule has 1 aliphatic rings. The van der Waals surface area contributed by atoms with Crippen molar-refractivity contribution in [2.24, 2.45) is 7.05 Å². The van der Waals surface area contributed by atoms with Crippen molar-refractivity contribution in [2.75, 3.05) is 0 Å². The first-order chi connectivity index (χ1) is 10.6. The Morgan fingerprint density at radius 1 is 1.00 bits per heavy atom. The van der Waals surface area contributed by atoms with Gasteiger partial charge in [0.15, 0.2) is 6.20 Å². The van der Waals surface area contributed by atoms with E-state index >= 15 is 0 Å². The molecule has 2 heteroatoms. The van der Waals surface area contributed by atoms with Gasteiger partial charge in [-0.05, 0) is 37.1 Å². The molecule has 2 nitrogen and oxygen atoms in total. The molecule has 0 amide bonds. The Morgan fingerprint density at radius 3 is 2.73 bits per heavy atom. The van der Waals surface area contributed by atoms with Crippen molar-refractivity contribution in [3.63, 3.8) is 0 Å². The van der Waals surface area contributed by atoms with Crippen molar-refractivity contribution < 1.29 is 4.57 Å². The zero-order valence-corrected chi connectivity index (χ0v) is 13.2. The van der Waals surface area contributed by atoms with Crippen LogP contribution < -0.4 is 4.57 Å². The molecule has 0 radical (unpaired) electrons. The average Bonchev–Trinajstić information content (AvgIpc) is 2.88. The number of rotatable bonds is 1. The summed E-state index contributed by atoms with van der Waals surface area (Å²) in [5.41, 5.74) is 10.5. The van der Waals surface area contributed by atoms with Gasteiger partial charge in [-0.15, -0.1) is 0 Å². The maximum atomic E-state index is 4.57. The molecule has 3 aromatic rings. The zero-order chi connectivity index (χ0) is 15.3. The summed E-state index contributed by atoms with van der Waals surface area (Å²) in [6.07, 6.45) is 4.98. The van der Waals surface area contributed by atoms with Crippen LogP contribution in [0.3, 0.4) is 0 Å². The highest BCUT2D eigenvalue weighted by Gasteiger charge is 2.28. The molecular weight excluding hydrogens is 268 g/mol. The number of aryl methyl sites for hydroxylation is 3. The van der Waals surface area contributed by atoms with Gasteiger partial charge in [0.05, 0.1) is 5.69 Å². The molecule has 0 saturated carbocycles. The van der Waals surface area contributed by atoms with Crippen LogP contribution >= 0.6 is 0 Å². The van der Waals surface area contributed by atoms with Crippen LogP contribution in [0.2, 0.25) is 0 Å². The lowest BCUT2D eigenvalue weighted by Crippen LogP contribution is -2.32. The van der Waals surface area contributed by atoms with E-state index in [2.05, 4.69) is 67.0 Å². The molecule has 22 heavy (non-hydrogen) atoms. The Balaban J connectivity index is 2.01. The van der Waals surface area contributed by atoms with Gasteiger partial charge in [0.2, 0.25) is 5.69 Å². The number of hydrogen-bond acceptors (Lipinski definition) is 1. The van der Waals surface area contributed by atoms with E-state index in [0.717, 1.165) is 6.42 Å². The highest BCUT2D eigenvalue weighted by molar-refractivity contribution is 5.81. The third-order valence-electron chi connectivity index (χ3n) is 4.60. The molecule has 0 atom stereocenters. The summed E-state index contributed by atoms with van der Waals surface area (Å²) in [5, 5.41) is 0. The predicted molar refractivity (Wildman–Crippen MR) is 88.6 cm³/mol. The van der Waals surface area contributed by atoms with Gasteiger partial charge in [0, 0.05) is 35.4 Å². The molecule has 0 unspecified atom stereocenters. The van der Waals surface area contributed by atoms with E-state index in [1.165, 1.54) is 44.8 Å². The summed E-state index contributed by atoms with van der Waals surface area (Å²) in [6.45, 7) is 4.34. The van der Waals surface area contributed by atoms with Crippen LogP contribution in [0.15, 0.2) is 48.8 Å². The quantitative estimate of drug-likeness (QED) is 0.487. The van der Waals surface area contributed by atoms with Crippen LogP contribution in [-0.2, 0) is 13.5 Å². The molecule has 1 aromatic carbocycles. The molecule has 108 valence electrons. The van der Waals surface area contributed by atoms with Gasteiger partial charge in [-0.3, -0.25) is 4.98 Å². The number of pyridine rings is 2. The lowest BCUT2D eigenvalue weighted by atomic mass is 9.96. The molecule has 0 fully saturated rings. The monoisotopic (exact) mass is 287 g/mol. The van der Waals surface area contributed by atoms with Crippen molar-refractivity contribution >= 4 is 0 Å². The lowest BCUT2D eigenvalue weighted by molar-refractivity contribution is -0.660. The van der Waals surface area contributed by atoms with E-state index in [1.807, 2.05) is 12.3 Å². The highest BCUT2D eigenvalue weighted by Crippen LogP contribution is 2.39. The smallest absolute Gasteiger partial charge is 0.216 e. The fourth-order valence-corrected chi connectivity index (χ4v) is 3.47. The Morgan fingerprint density at radius 2 is 1.86 bits per heavy atom. The number of aromatic nitrogens is 2. The summed E-state index contributed by atoms with van der Waals surface area (Å²) >= 11 is 0. The maximum Gasteiger partial charge on any atom is 0.216 e. The molecule has 0 N–H and O–H groups in total. The molecule has 1 aliphatic carbocycles. The molecule has 4 rings (SSSR count). The predicted octanol–water partition coefficient (Wildman–Crippen LogP) is 3.76. The third kappa shape index (κ3) is 1.87. The SMILES string of the molecule is Cc1ccc(C)c(-c2c3c(cc[n+]2C)-c2cccnc2C3)c1. The van der Waals surface area contributed by atoms with Gasteiger partial charge in [-0.2, -0.15) is 0 Å². The van der Waals surface area contributed by atoms with Crippen LogP contribution in [0.5, 0.6) is 0 Å². The van der Waals surface area contributed by atoms with Gasteiger partial charge < -0.3 is 0 Å². The number of benzene rings is 1. The minimum absolute atomic E-state index is 0.920. The van der Waals surface area contributed by atoms with Crippen LogP contribution in [0.25, 0.3) is 22.4 Å². The summed E-state index contributed by atoms with van der Waals surface area (Å²) in [5.74, 6) is 0. The van der Waals surface area contributed by atoms with Crippen molar-refractivity contribution in [3.8, 4) is 22.4 Å². The first kappa shape index (κ1) is 13.2. The zero-order valence-electron chi connectivity index (χ0n) is 13.2. The third-order valence-corrected chi connectivity index (χ3v) is 4.60. The first-order valence-corrected chi connectivity index (χ1v) is 7.68. The van der Waals surface area contributed by atoms with E-state index < -0.39 is 0 Å². The summed E-state index contributed by atoms with van der Waals surface area (Å²) in [7, 11) is 2.13. The average molecular weight is 287 g/mol. The minimum atomic E-state index is 0.920. The van der Waals surface area contributed by atoms with Crippen LogP contribution in [0.4, 0.5) is 0 Å². The largest absolute Gasteiger partial charge is 0.260 e. The Hall–Kier alpha value is -2.48. The normalized spacial score (nSPS) is 12.1. The molecule has 0 saturated heterocycles. The lowest BCUT2D eigenvalue weighted by Gasteiger charge is -2.10. The second kappa shape index (κ2) is 4.77. The van der Waals surface area contributed by atoms with Crippen LogP contribution in [-0.4, -0.2) is 4.98 Å². The molecule has 2 aromatic heterocycles. The van der Waals surface area contributed by atoms with Crippen LogP contribution in [0, 0.1) is 13.8 Å². The molecule has 0 bridgehead atoms. The van der Waals surface area contributed by atoms with Crippen molar-refractivity contribution in [1.29, 1.82) is 0 Å². The first-order valence-electron chi connectivity index (χ1n) is 7.68. The fourth-order valence-electron chi connectivity index (χ4n) is 3.47. The standard InChI is InChI=1S/C20H19N2/c1-13-6-7-14(2)17(11-13)20-18-12-19-16(5-4-9-21-19)15(18)8-10-22(20)3/h4-11H,12H2,1-3H3/q+1. The van der Waals surface area contributed by atoms with Crippen molar-refractivity contribution in [2.45, 2.75) is 20.3 Å². The second-order valence-corrected chi connectivity index (χ2v) is 6.16. The molecular formula is C20H19N2+. The molecule has 0 aliphatic heterocycles. The fraction of sp³-hybridized carbons (Fsp3) is 0.200. The van der Waals surface area contributed by atoms with Gasteiger partial charge >= 0.3 is 0 Å². The number of nitrogens with zero attached hydrogens (tertiary/aromatic N) is 2. The minimum Gasteiger partial charge on any atom is -0.260 e. The summed E-state index contributed by atoms with van der Waals surface area (Å²) < 4.78 is 2.24. The van der Waals surface area contributed by atoms with E-state index in [0.29, 0.717) is 0 Å². The van der Waals surface area contributed by atoms with E-state index in [-0.39, 0.29) is 0 Å².